The predicted molar refractivity (Wildman–Crippen MR) is 32.4 cm³/mol. The Balaban J connectivity index is 2.22. The Kier molecular flexibility index (Phi) is 1.72. The first kappa shape index (κ1) is 6.13. The first-order valence-electron chi connectivity index (χ1n) is 2.88. The summed E-state index contributed by atoms with van der Waals surface area (Å²) in [4.78, 5) is 10.3. The van der Waals surface area contributed by atoms with Gasteiger partial charge in [0.1, 0.15) is 6.10 Å². The van der Waals surface area contributed by atoms with Gasteiger partial charge in [0.05, 0.1) is 12.7 Å². The molecule has 0 aromatic rings. The second kappa shape index (κ2) is 2.53. The predicted octanol–water partition coefficient (Wildman–Crippen LogP) is 0.164. The highest BCUT2D eigenvalue weighted by atomic mass is 16.5. The summed E-state index contributed by atoms with van der Waals surface area (Å²) in [5.74, 6) is -0.302. The highest BCUT2D eigenvalue weighted by molar-refractivity contribution is 5.74. The zero-order chi connectivity index (χ0) is 6.69. The number of ether oxygens (including phenoxy) is 1. The number of hydrogen-bond acceptors (Lipinski definition) is 2. The van der Waals surface area contributed by atoms with Crippen LogP contribution in [0.1, 0.15) is 12.8 Å². The number of carbonyl (C=O) groups is 1. The minimum atomic E-state index is -0.302. The van der Waals surface area contributed by atoms with Crippen LogP contribution in [0.4, 0.5) is 0 Å². The van der Waals surface area contributed by atoms with Gasteiger partial charge in [-0.2, -0.15) is 0 Å². The number of rotatable bonds is 2. The van der Waals surface area contributed by atoms with Crippen LogP contribution in [0, 0.1) is 0 Å². The molecular weight excluding hydrogens is 118 g/mol. The molecule has 1 aliphatic rings. The average Bonchev–Trinajstić information content (AvgIpc) is 2.15. The lowest BCUT2D eigenvalue weighted by Gasteiger charge is -2.05. The zero-order valence-corrected chi connectivity index (χ0v) is 5.04. The van der Waals surface area contributed by atoms with Gasteiger partial charge in [-0.15, -0.1) is 0 Å². The van der Waals surface area contributed by atoms with Crippen LogP contribution in [0.15, 0.2) is 12.3 Å². The van der Waals surface area contributed by atoms with Crippen LogP contribution < -0.4 is 5.73 Å². The molecule has 0 radical (unpaired) electrons. The molecule has 1 heterocycles. The van der Waals surface area contributed by atoms with E-state index in [0.29, 0.717) is 6.42 Å². The van der Waals surface area contributed by atoms with E-state index in [4.69, 9.17) is 10.5 Å². The number of hydrogen-bond donors (Lipinski definition) is 1. The largest absolute Gasteiger partial charge is 0.498 e. The van der Waals surface area contributed by atoms with Crippen molar-refractivity contribution in [1.29, 1.82) is 0 Å². The van der Waals surface area contributed by atoms with Crippen molar-refractivity contribution in [2.45, 2.75) is 18.9 Å². The molecule has 0 spiro atoms. The lowest BCUT2D eigenvalue weighted by Crippen LogP contribution is -2.18. The number of primary amides is 1. The van der Waals surface area contributed by atoms with E-state index in [2.05, 4.69) is 0 Å². The number of nitrogens with two attached hydrogens (primary N) is 1. The van der Waals surface area contributed by atoms with E-state index in [1.54, 1.807) is 6.26 Å². The van der Waals surface area contributed by atoms with Crippen LogP contribution in [0.5, 0.6) is 0 Å². The monoisotopic (exact) mass is 127 g/mol. The van der Waals surface area contributed by atoms with Crippen molar-refractivity contribution < 1.29 is 9.53 Å². The molecule has 1 rings (SSSR count). The van der Waals surface area contributed by atoms with Crippen LogP contribution in [0.25, 0.3) is 0 Å². The molecule has 0 aliphatic carbocycles. The van der Waals surface area contributed by atoms with Crippen molar-refractivity contribution in [3.8, 4) is 0 Å². The molecular formula is C6H9NO2. The minimum Gasteiger partial charge on any atom is -0.498 e. The normalized spacial score (nSPS) is 23.8. The van der Waals surface area contributed by atoms with E-state index in [9.17, 15) is 4.79 Å². The third-order valence-electron chi connectivity index (χ3n) is 1.20. The van der Waals surface area contributed by atoms with Crippen LogP contribution in [0.3, 0.4) is 0 Å². The van der Waals surface area contributed by atoms with Gasteiger partial charge in [0.15, 0.2) is 0 Å². The molecule has 0 bridgehead atoms. The van der Waals surface area contributed by atoms with Gasteiger partial charge in [0.2, 0.25) is 5.91 Å². The lowest BCUT2D eigenvalue weighted by molar-refractivity contribution is -0.119. The summed E-state index contributed by atoms with van der Waals surface area (Å²) < 4.78 is 4.98. The smallest absolute Gasteiger partial charge is 0.221 e. The molecule has 1 aliphatic heterocycles. The van der Waals surface area contributed by atoms with Gasteiger partial charge in [-0.1, -0.05) is 0 Å². The summed E-state index contributed by atoms with van der Waals surface area (Å²) >= 11 is 0. The first-order valence-corrected chi connectivity index (χ1v) is 2.88. The van der Waals surface area contributed by atoms with Gasteiger partial charge in [0.25, 0.3) is 0 Å². The molecule has 3 heteroatoms. The molecule has 50 valence electrons. The molecule has 0 aromatic carbocycles. The molecule has 3 nitrogen and oxygen atoms in total. The molecule has 1 amide bonds. The van der Waals surface area contributed by atoms with Crippen LogP contribution >= 0.6 is 0 Å². The van der Waals surface area contributed by atoms with E-state index < -0.39 is 0 Å². The Bertz CT molecular complexity index is 134. The van der Waals surface area contributed by atoms with E-state index in [1.807, 2.05) is 6.08 Å². The van der Waals surface area contributed by atoms with Gasteiger partial charge in [0, 0.05) is 6.42 Å². The maximum absolute atomic E-state index is 10.3. The summed E-state index contributed by atoms with van der Waals surface area (Å²) in [7, 11) is 0. The first-order chi connectivity index (χ1) is 4.29. The standard InChI is InChI=1S/C6H9NO2/c7-6(8)4-5-2-1-3-9-5/h1,3,5H,2,4H2,(H2,7,8). The molecule has 1 atom stereocenters. The average molecular weight is 127 g/mol. The van der Waals surface area contributed by atoms with E-state index in [1.165, 1.54) is 0 Å². The Morgan fingerprint density at radius 2 is 2.67 bits per heavy atom. The molecule has 0 saturated carbocycles. The van der Waals surface area contributed by atoms with Gasteiger partial charge < -0.3 is 10.5 Å². The summed E-state index contributed by atoms with van der Waals surface area (Å²) in [5.41, 5.74) is 4.93. The summed E-state index contributed by atoms with van der Waals surface area (Å²) in [6.45, 7) is 0. The maximum atomic E-state index is 10.3. The van der Waals surface area contributed by atoms with Crippen molar-refractivity contribution in [2.24, 2.45) is 5.73 Å². The van der Waals surface area contributed by atoms with Gasteiger partial charge in [-0.25, -0.2) is 0 Å². The van der Waals surface area contributed by atoms with Crippen LogP contribution in [-0.4, -0.2) is 12.0 Å². The number of amides is 1. The van der Waals surface area contributed by atoms with Crippen molar-refractivity contribution in [2.75, 3.05) is 0 Å². The molecule has 2 N–H and O–H groups in total. The van der Waals surface area contributed by atoms with Gasteiger partial charge in [-0.3, -0.25) is 4.79 Å². The van der Waals surface area contributed by atoms with E-state index in [-0.39, 0.29) is 12.0 Å². The molecule has 1 unspecified atom stereocenters. The van der Waals surface area contributed by atoms with Crippen molar-refractivity contribution >= 4 is 5.91 Å². The minimum absolute atomic E-state index is 0.00231. The van der Waals surface area contributed by atoms with Gasteiger partial charge in [-0.05, 0) is 6.08 Å². The molecule has 0 saturated heterocycles. The van der Waals surface area contributed by atoms with Crippen molar-refractivity contribution in [1.82, 2.24) is 0 Å². The molecule has 9 heavy (non-hydrogen) atoms. The van der Waals surface area contributed by atoms with Crippen molar-refractivity contribution in [3.05, 3.63) is 12.3 Å². The second-order valence-corrected chi connectivity index (χ2v) is 2.04. The lowest BCUT2D eigenvalue weighted by atomic mass is 10.2. The quantitative estimate of drug-likeness (QED) is 0.574. The second-order valence-electron chi connectivity index (χ2n) is 2.04. The molecule has 0 aromatic heterocycles. The zero-order valence-electron chi connectivity index (χ0n) is 5.04. The van der Waals surface area contributed by atoms with Crippen LogP contribution in [0.2, 0.25) is 0 Å². The van der Waals surface area contributed by atoms with Crippen LogP contribution in [-0.2, 0) is 9.53 Å². The maximum Gasteiger partial charge on any atom is 0.221 e. The van der Waals surface area contributed by atoms with Gasteiger partial charge >= 0.3 is 0 Å². The van der Waals surface area contributed by atoms with E-state index >= 15 is 0 Å². The topological polar surface area (TPSA) is 52.3 Å². The summed E-state index contributed by atoms with van der Waals surface area (Å²) in [5, 5.41) is 0. The Morgan fingerprint density at radius 3 is 3.11 bits per heavy atom. The highest BCUT2D eigenvalue weighted by Crippen LogP contribution is 2.11. The Labute approximate surface area is 53.5 Å². The fourth-order valence-electron chi connectivity index (χ4n) is 0.785. The fourth-order valence-corrected chi connectivity index (χ4v) is 0.785. The third-order valence-corrected chi connectivity index (χ3v) is 1.20. The number of carbonyl (C=O) groups excluding carboxylic acids is 1. The summed E-state index contributed by atoms with van der Waals surface area (Å²) in [6, 6.07) is 0. The third kappa shape index (κ3) is 1.76. The summed E-state index contributed by atoms with van der Waals surface area (Å²) in [6.07, 6.45) is 4.62. The SMILES string of the molecule is NC(=O)CC1CC=CO1. The highest BCUT2D eigenvalue weighted by Gasteiger charge is 2.13. The fraction of sp³-hybridized carbons (Fsp3) is 0.500. The Morgan fingerprint density at radius 1 is 1.89 bits per heavy atom. The van der Waals surface area contributed by atoms with E-state index in [0.717, 1.165) is 6.42 Å². The molecule has 0 fully saturated rings. The Hall–Kier alpha value is -0.990. The van der Waals surface area contributed by atoms with Crippen molar-refractivity contribution in [3.63, 3.8) is 0 Å².